The lowest BCUT2D eigenvalue weighted by atomic mass is 10.1. The minimum Gasteiger partial charge on any atom is -0.322 e. The lowest BCUT2D eigenvalue weighted by Crippen LogP contribution is -2.24. The number of nitrogens with zero attached hydrogens (tertiary/aromatic N) is 1. The third-order valence-corrected chi connectivity index (χ3v) is 3.90. The summed E-state index contributed by atoms with van der Waals surface area (Å²) < 4.78 is 1.73. The van der Waals surface area contributed by atoms with Crippen LogP contribution in [0.3, 0.4) is 0 Å². The minimum absolute atomic E-state index is 0.213. The van der Waals surface area contributed by atoms with Crippen LogP contribution in [0.2, 0.25) is 0 Å². The van der Waals surface area contributed by atoms with Crippen molar-refractivity contribution in [3.05, 3.63) is 89.2 Å². The largest absolute Gasteiger partial charge is 0.322 e. The van der Waals surface area contributed by atoms with Crippen molar-refractivity contribution in [3.63, 3.8) is 0 Å². The molecule has 1 aromatic heterocycles. The van der Waals surface area contributed by atoms with Gasteiger partial charge in [0.25, 0.3) is 11.8 Å². The molecule has 25 heavy (non-hydrogen) atoms. The first-order valence-electron chi connectivity index (χ1n) is 7.97. The van der Waals surface area contributed by atoms with E-state index in [0.717, 1.165) is 11.4 Å². The molecule has 0 unspecified atom stereocenters. The summed E-state index contributed by atoms with van der Waals surface area (Å²) in [6.07, 6.45) is 0. The number of carbonyl (C=O) groups is 2. The Morgan fingerprint density at radius 2 is 1.40 bits per heavy atom. The molecule has 0 saturated carbocycles. The Morgan fingerprint density at radius 3 is 2.08 bits per heavy atom. The summed E-state index contributed by atoms with van der Waals surface area (Å²) in [4.78, 5) is 24.7. The zero-order valence-corrected chi connectivity index (χ0v) is 14.1. The van der Waals surface area contributed by atoms with Gasteiger partial charge in [-0.3, -0.25) is 19.7 Å². The molecule has 126 valence electrons. The summed E-state index contributed by atoms with van der Waals surface area (Å²) in [6.45, 7) is 3.84. The quantitative estimate of drug-likeness (QED) is 0.764. The molecule has 0 aliphatic heterocycles. The molecule has 2 N–H and O–H groups in total. The van der Waals surface area contributed by atoms with E-state index in [1.807, 2.05) is 32.0 Å². The van der Waals surface area contributed by atoms with Crippen LogP contribution < -0.4 is 10.7 Å². The second-order valence-corrected chi connectivity index (χ2v) is 5.79. The second kappa shape index (κ2) is 7.05. The van der Waals surface area contributed by atoms with Crippen molar-refractivity contribution in [1.29, 1.82) is 0 Å². The zero-order valence-electron chi connectivity index (χ0n) is 14.1. The van der Waals surface area contributed by atoms with E-state index in [9.17, 15) is 9.59 Å². The van der Waals surface area contributed by atoms with Crippen molar-refractivity contribution < 1.29 is 9.59 Å². The molecule has 0 spiro atoms. The fraction of sp³-hybridized carbons (Fsp3) is 0.100. The molecule has 3 rings (SSSR count). The minimum atomic E-state index is -0.238. The number of carbonyl (C=O) groups excluding carboxylic acids is 2. The van der Waals surface area contributed by atoms with Gasteiger partial charge in [-0.25, -0.2) is 0 Å². The van der Waals surface area contributed by atoms with Gasteiger partial charge < -0.3 is 5.32 Å². The van der Waals surface area contributed by atoms with Gasteiger partial charge in [0.2, 0.25) is 0 Å². The maximum Gasteiger partial charge on any atom is 0.270 e. The van der Waals surface area contributed by atoms with Crippen molar-refractivity contribution in [3.8, 4) is 0 Å². The highest BCUT2D eigenvalue weighted by Gasteiger charge is 2.11. The van der Waals surface area contributed by atoms with Gasteiger partial charge in [-0.15, -0.1) is 0 Å². The SMILES string of the molecule is Cc1ccc(C)n1NC(=O)c1cccc(NC(=O)c2ccccc2)c1. The van der Waals surface area contributed by atoms with Crippen molar-refractivity contribution >= 4 is 17.5 Å². The number of amides is 2. The average Bonchev–Trinajstić information content (AvgIpc) is 2.94. The first kappa shape index (κ1) is 16.5. The number of aromatic nitrogens is 1. The molecule has 5 nitrogen and oxygen atoms in total. The van der Waals surface area contributed by atoms with E-state index in [-0.39, 0.29) is 11.8 Å². The fourth-order valence-electron chi connectivity index (χ4n) is 2.54. The highest BCUT2D eigenvalue weighted by Crippen LogP contribution is 2.13. The molecule has 0 bridgehead atoms. The highest BCUT2D eigenvalue weighted by atomic mass is 16.2. The van der Waals surface area contributed by atoms with Gasteiger partial charge >= 0.3 is 0 Å². The highest BCUT2D eigenvalue weighted by molar-refractivity contribution is 6.05. The number of nitrogens with one attached hydrogen (secondary N) is 2. The van der Waals surface area contributed by atoms with E-state index in [1.165, 1.54) is 0 Å². The van der Waals surface area contributed by atoms with Gasteiger partial charge in [-0.2, -0.15) is 0 Å². The molecule has 0 atom stereocenters. The lowest BCUT2D eigenvalue weighted by Gasteiger charge is -2.12. The third-order valence-electron chi connectivity index (χ3n) is 3.90. The van der Waals surface area contributed by atoms with Gasteiger partial charge in [0.1, 0.15) is 0 Å². The molecule has 3 aromatic rings. The molecule has 0 radical (unpaired) electrons. The molecule has 1 heterocycles. The second-order valence-electron chi connectivity index (χ2n) is 5.79. The van der Waals surface area contributed by atoms with Crippen LogP contribution in [0.1, 0.15) is 32.1 Å². The number of hydrogen-bond donors (Lipinski definition) is 2. The summed E-state index contributed by atoms with van der Waals surface area (Å²) in [5.41, 5.74) is 6.35. The van der Waals surface area contributed by atoms with E-state index in [2.05, 4.69) is 10.7 Å². The molecule has 0 aliphatic carbocycles. The fourth-order valence-corrected chi connectivity index (χ4v) is 2.54. The van der Waals surface area contributed by atoms with Crippen molar-refractivity contribution in [2.24, 2.45) is 0 Å². The molecule has 0 fully saturated rings. The Hall–Kier alpha value is -3.34. The molecule has 0 aliphatic rings. The Balaban J connectivity index is 1.75. The summed E-state index contributed by atoms with van der Waals surface area (Å²) in [6, 6.07) is 19.7. The van der Waals surface area contributed by atoms with Crippen LogP contribution in [-0.2, 0) is 0 Å². The van der Waals surface area contributed by atoms with Gasteiger partial charge in [0.15, 0.2) is 0 Å². The normalized spacial score (nSPS) is 10.3. The molecule has 2 aromatic carbocycles. The molecular weight excluding hydrogens is 314 g/mol. The first-order valence-corrected chi connectivity index (χ1v) is 7.97. The van der Waals surface area contributed by atoms with Crippen molar-refractivity contribution in [2.45, 2.75) is 13.8 Å². The smallest absolute Gasteiger partial charge is 0.270 e. The lowest BCUT2D eigenvalue weighted by molar-refractivity contribution is 0.100. The average molecular weight is 333 g/mol. The number of hydrogen-bond acceptors (Lipinski definition) is 2. The molecule has 5 heteroatoms. The Morgan fingerprint density at radius 1 is 0.760 bits per heavy atom. The summed E-state index contributed by atoms with van der Waals surface area (Å²) in [5, 5.41) is 2.81. The van der Waals surface area contributed by atoms with Crippen LogP contribution in [0.25, 0.3) is 0 Å². The predicted molar refractivity (Wildman–Crippen MR) is 98.4 cm³/mol. The summed E-state index contributed by atoms with van der Waals surface area (Å²) >= 11 is 0. The maximum atomic E-state index is 12.5. The van der Waals surface area contributed by atoms with Crippen LogP contribution in [0, 0.1) is 13.8 Å². The first-order chi connectivity index (χ1) is 12.0. The Bertz CT molecular complexity index is 894. The van der Waals surface area contributed by atoms with E-state index in [4.69, 9.17) is 0 Å². The zero-order chi connectivity index (χ0) is 17.8. The third kappa shape index (κ3) is 3.77. The van der Waals surface area contributed by atoms with E-state index in [1.54, 1.807) is 53.2 Å². The van der Waals surface area contributed by atoms with E-state index < -0.39 is 0 Å². The van der Waals surface area contributed by atoms with E-state index in [0.29, 0.717) is 16.8 Å². The standard InChI is InChI=1S/C20H19N3O2/c1-14-11-12-15(2)23(14)22-20(25)17-9-6-10-18(13-17)21-19(24)16-7-4-3-5-8-16/h3-13H,1-2H3,(H,21,24)(H,22,25). The number of benzene rings is 2. The van der Waals surface area contributed by atoms with Crippen LogP contribution in [0.5, 0.6) is 0 Å². The monoisotopic (exact) mass is 333 g/mol. The Labute approximate surface area is 146 Å². The van der Waals surface area contributed by atoms with Gasteiger partial charge in [0.05, 0.1) is 0 Å². The van der Waals surface area contributed by atoms with Crippen LogP contribution >= 0.6 is 0 Å². The maximum absolute atomic E-state index is 12.5. The number of aryl methyl sites for hydroxylation is 2. The topological polar surface area (TPSA) is 63.1 Å². The Kier molecular flexibility index (Phi) is 4.66. The van der Waals surface area contributed by atoms with Gasteiger partial charge in [-0.05, 0) is 56.3 Å². The van der Waals surface area contributed by atoms with Gasteiger partial charge in [0, 0.05) is 28.2 Å². The van der Waals surface area contributed by atoms with Crippen molar-refractivity contribution in [2.75, 3.05) is 10.7 Å². The van der Waals surface area contributed by atoms with Gasteiger partial charge in [-0.1, -0.05) is 24.3 Å². The molecular formula is C20H19N3O2. The van der Waals surface area contributed by atoms with Crippen LogP contribution in [-0.4, -0.2) is 16.5 Å². The van der Waals surface area contributed by atoms with Crippen LogP contribution in [0.15, 0.2) is 66.7 Å². The number of rotatable bonds is 4. The molecule has 0 saturated heterocycles. The summed E-state index contributed by atoms with van der Waals surface area (Å²) in [7, 11) is 0. The molecule has 2 amide bonds. The predicted octanol–water partition coefficient (Wildman–Crippen LogP) is 3.74. The van der Waals surface area contributed by atoms with Crippen molar-refractivity contribution in [1.82, 2.24) is 4.68 Å². The number of anilines is 1. The van der Waals surface area contributed by atoms with E-state index >= 15 is 0 Å². The van der Waals surface area contributed by atoms with Crippen LogP contribution in [0.4, 0.5) is 5.69 Å². The summed E-state index contributed by atoms with van der Waals surface area (Å²) in [5.74, 6) is -0.450.